The van der Waals surface area contributed by atoms with E-state index in [0.29, 0.717) is 0 Å². The van der Waals surface area contributed by atoms with Crippen LogP contribution in [0.2, 0.25) is 0 Å². The molecule has 0 radical (unpaired) electrons. The van der Waals surface area contributed by atoms with E-state index in [1.807, 2.05) is 0 Å². The standard InChI is InChI=1S/C26H38FN3O10/c1-13(2)21(31)36-11-26(27)19(39-24(34)16(7)8)18(38-23(33)15(5)6)20(40-26)30-10-9-17(29-25(30)35)28-12-37-22(32)14(3)4/h9-10,13-16,18-20H,11-12H2,1-8H3,(H,28,29,35)/t18-,19+,20-,26-/m1/s1. The fourth-order valence-corrected chi connectivity index (χ4v) is 3.26. The van der Waals surface area contributed by atoms with Crippen molar-refractivity contribution in [1.82, 2.24) is 9.55 Å². The number of carbonyl (C=O) groups excluding carboxylic acids is 4. The Balaban J connectivity index is 2.46. The molecule has 1 fully saturated rings. The summed E-state index contributed by atoms with van der Waals surface area (Å²) in [5, 5.41) is 2.66. The lowest BCUT2D eigenvalue weighted by Crippen LogP contribution is -2.48. The molecule has 14 heteroatoms. The Bertz CT molecular complexity index is 1140. The van der Waals surface area contributed by atoms with Crippen LogP contribution in [0.1, 0.15) is 61.6 Å². The number of hydrogen-bond donors (Lipinski definition) is 1. The van der Waals surface area contributed by atoms with Crippen molar-refractivity contribution in [1.29, 1.82) is 0 Å². The van der Waals surface area contributed by atoms with E-state index in [-0.39, 0.29) is 18.5 Å². The van der Waals surface area contributed by atoms with E-state index in [4.69, 9.17) is 23.7 Å². The summed E-state index contributed by atoms with van der Waals surface area (Å²) in [4.78, 5) is 65.6. The summed E-state index contributed by atoms with van der Waals surface area (Å²) in [6.07, 6.45) is -4.00. The second-order valence-corrected chi connectivity index (χ2v) is 10.6. The lowest BCUT2D eigenvalue weighted by molar-refractivity contribution is -0.226. The molecule has 1 saturated heterocycles. The van der Waals surface area contributed by atoms with Crippen molar-refractivity contribution in [3.05, 3.63) is 22.7 Å². The average molecular weight is 572 g/mol. The number of esters is 4. The number of ether oxygens (including phenoxy) is 5. The zero-order chi connectivity index (χ0) is 30.4. The molecule has 0 saturated carbocycles. The van der Waals surface area contributed by atoms with Crippen molar-refractivity contribution < 1.29 is 47.3 Å². The van der Waals surface area contributed by atoms with E-state index in [1.165, 1.54) is 40.0 Å². The molecule has 1 aromatic heterocycles. The van der Waals surface area contributed by atoms with Crippen LogP contribution in [0.15, 0.2) is 17.1 Å². The molecule has 1 aliphatic rings. The second kappa shape index (κ2) is 13.7. The molecule has 2 rings (SSSR count). The van der Waals surface area contributed by atoms with Crippen LogP contribution in [0.5, 0.6) is 0 Å². The number of alkyl halides is 1. The van der Waals surface area contributed by atoms with E-state index in [2.05, 4.69) is 10.3 Å². The predicted molar refractivity (Wildman–Crippen MR) is 137 cm³/mol. The highest BCUT2D eigenvalue weighted by Crippen LogP contribution is 2.42. The molecule has 0 aromatic carbocycles. The largest absolute Gasteiger partial charge is 0.459 e. The Hall–Kier alpha value is -3.55. The van der Waals surface area contributed by atoms with Gasteiger partial charge in [0.25, 0.3) is 5.85 Å². The second-order valence-electron chi connectivity index (χ2n) is 10.6. The van der Waals surface area contributed by atoms with Gasteiger partial charge in [-0.25, -0.2) is 9.18 Å². The third kappa shape index (κ3) is 8.23. The van der Waals surface area contributed by atoms with Gasteiger partial charge in [-0.15, -0.1) is 0 Å². The van der Waals surface area contributed by atoms with Gasteiger partial charge in [0.2, 0.25) is 6.10 Å². The zero-order valence-corrected chi connectivity index (χ0v) is 24.0. The smallest absolute Gasteiger partial charge is 0.351 e. The molecular weight excluding hydrogens is 533 g/mol. The van der Waals surface area contributed by atoms with Gasteiger partial charge >= 0.3 is 29.6 Å². The van der Waals surface area contributed by atoms with Crippen LogP contribution < -0.4 is 11.0 Å². The van der Waals surface area contributed by atoms with Crippen molar-refractivity contribution >= 4 is 29.7 Å². The molecule has 0 unspecified atom stereocenters. The maximum absolute atomic E-state index is 16.4. The normalized spacial score (nSPS) is 22.5. The molecule has 2 heterocycles. The first-order valence-electron chi connectivity index (χ1n) is 13.0. The molecule has 0 aliphatic carbocycles. The van der Waals surface area contributed by atoms with Gasteiger partial charge in [0, 0.05) is 6.20 Å². The third-order valence-electron chi connectivity index (χ3n) is 5.69. The minimum absolute atomic E-state index is 0.0340. The van der Waals surface area contributed by atoms with Gasteiger partial charge in [0.15, 0.2) is 25.7 Å². The van der Waals surface area contributed by atoms with E-state index < -0.39 is 78.2 Å². The summed E-state index contributed by atoms with van der Waals surface area (Å²) in [5.41, 5.74) is -0.951. The SMILES string of the molecule is CC(C)C(=O)OCNc1ccn([C@@H]2O[C@](F)(COC(=O)C(C)C)[C@@H](OC(=O)C(C)C)[C@H]2OC(=O)C(C)C)c(=O)n1. The van der Waals surface area contributed by atoms with Crippen LogP contribution in [0.25, 0.3) is 0 Å². The molecule has 1 aliphatic heterocycles. The number of carbonyl (C=O) groups is 4. The van der Waals surface area contributed by atoms with Gasteiger partial charge in [0.05, 0.1) is 23.7 Å². The highest BCUT2D eigenvalue weighted by atomic mass is 19.2. The molecule has 13 nitrogen and oxygen atoms in total. The number of aromatic nitrogens is 2. The Kier molecular flexibility index (Phi) is 11.2. The van der Waals surface area contributed by atoms with Crippen LogP contribution in [-0.2, 0) is 42.9 Å². The van der Waals surface area contributed by atoms with E-state index in [0.717, 1.165) is 4.57 Å². The van der Waals surface area contributed by atoms with Gasteiger partial charge in [-0.1, -0.05) is 55.4 Å². The Labute approximate surface area is 231 Å². The molecule has 40 heavy (non-hydrogen) atoms. The maximum Gasteiger partial charge on any atom is 0.351 e. The fourth-order valence-electron chi connectivity index (χ4n) is 3.26. The topological polar surface area (TPSA) is 161 Å². The van der Waals surface area contributed by atoms with Crippen molar-refractivity contribution in [3.63, 3.8) is 0 Å². The van der Waals surface area contributed by atoms with E-state index in [1.54, 1.807) is 27.7 Å². The van der Waals surface area contributed by atoms with Gasteiger partial charge in [-0.05, 0) is 6.07 Å². The predicted octanol–water partition coefficient (Wildman–Crippen LogP) is 2.34. The van der Waals surface area contributed by atoms with Gasteiger partial charge < -0.3 is 29.0 Å². The van der Waals surface area contributed by atoms with Crippen LogP contribution in [0, 0.1) is 23.7 Å². The molecule has 0 spiro atoms. The number of rotatable bonds is 12. The summed E-state index contributed by atoms with van der Waals surface area (Å²) in [7, 11) is 0. The third-order valence-corrected chi connectivity index (χ3v) is 5.69. The van der Waals surface area contributed by atoms with E-state index in [9.17, 15) is 24.0 Å². The molecule has 0 amide bonds. The van der Waals surface area contributed by atoms with Crippen molar-refractivity contribution in [2.45, 2.75) is 79.7 Å². The number of nitrogens with one attached hydrogen (secondary N) is 1. The van der Waals surface area contributed by atoms with Crippen molar-refractivity contribution in [3.8, 4) is 0 Å². The number of hydrogen-bond acceptors (Lipinski definition) is 12. The van der Waals surface area contributed by atoms with Gasteiger partial charge in [-0.3, -0.25) is 23.7 Å². The first kappa shape index (κ1) is 32.7. The monoisotopic (exact) mass is 571 g/mol. The van der Waals surface area contributed by atoms with Gasteiger partial charge in [0.1, 0.15) is 5.82 Å². The summed E-state index contributed by atoms with van der Waals surface area (Å²) in [5.74, 6) is -8.08. The molecule has 224 valence electrons. The Morgan fingerprint density at radius 2 is 1.45 bits per heavy atom. The molecular formula is C26H38FN3O10. The number of anilines is 1. The summed E-state index contributed by atoms with van der Waals surface area (Å²) >= 11 is 0. The average Bonchev–Trinajstić information content (AvgIpc) is 3.13. The maximum atomic E-state index is 16.4. The number of halogens is 1. The van der Waals surface area contributed by atoms with Crippen LogP contribution in [0.3, 0.4) is 0 Å². The summed E-state index contributed by atoms with van der Waals surface area (Å²) in [6, 6.07) is 1.32. The highest BCUT2D eigenvalue weighted by Gasteiger charge is 2.62. The van der Waals surface area contributed by atoms with Crippen LogP contribution in [-0.4, -0.2) is 64.8 Å². The quantitative estimate of drug-likeness (QED) is 0.222. The van der Waals surface area contributed by atoms with Crippen LogP contribution >= 0.6 is 0 Å². The van der Waals surface area contributed by atoms with Crippen molar-refractivity contribution in [2.24, 2.45) is 23.7 Å². The highest BCUT2D eigenvalue weighted by molar-refractivity contribution is 5.73. The fraction of sp³-hybridized carbons (Fsp3) is 0.692. The molecule has 0 bridgehead atoms. The van der Waals surface area contributed by atoms with Crippen molar-refractivity contribution in [2.75, 3.05) is 18.7 Å². The Morgan fingerprint density at radius 1 is 0.925 bits per heavy atom. The molecule has 4 atom stereocenters. The minimum atomic E-state index is -2.98. The first-order chi connectivity index (χ1) is 18.6. The number of nitrogens with zero attached hydrogens (tertiary/aromatic N) is 2. The molecule has 1 N–H and O–H groups in total. The minimum Gasteiger partial charge on any atom is -0.459 e. The summed E-state index contributed by atoms with van der Waals surface area (Å²) < 4.78 is 43.7. The lowest BCUT2D eigenvalue weighted by Gasteiger charge is -2.28. The molecule has 1 aromatic rings. The van der Waals surface area contributed by atoms with E-state index >= 15 is 4.39 Å². The lowest BCUT2D eigenvalue weighted by atomic mass is 10.1. The first-order valence-corrected chi connectivity index (χ1v) is 13.0. The Morgan fingerprint density at radius 3 is 1.98 bits per heavy atom. The van der Waals surface area contributed by atoms with Gasteiger partial charge in [-0.2, -0.15) is 4.98 Å². The zero-order valence-electron chi connectivity index (χ0n) is 24.0. The van der Waals surface area contributed by atoms with Crippen LogP contribution in [0.4, 0.5) is 10.2 Å². The summed E-state index contributed by atoms with van der Waals surface area (Å²) in [6.45, 7) is 11.2.